The molecule has 3 heterocycles. The van der Waals surface area contributed by atoms with Gasteiger partial charge in [0.1, 0.15) is 5.76 Å². The number of carbonyl (C=O) groups is 3. The lowest BCUT2D eigenvalue weighted by Crippen LogP contribution is -2.50. The second-order valence-electron chi connectivity index (χ2n) is 5.67. The molecule has 2 saturated heterocycles. The molecule has 22 heavy (non-hydrogen) atoms. The van der Waals surface area contributed by atoms with Crippen molar-refractivity contribution in [3.63, 3.8) is 0 Å². The lowest BCUT2D eigenvalue weighted by Gasteiger charge is -2.33. The first-order valence-electron chi connectivity index (χ1n) is 7.30. The maximum Gasteiger partial charge on any atom is 0.229 e. The molecular formula is C14H18N4O4. The lowest BCUT2D eigenvalue weighted by atomic mass is 10.1. The first-order chi connectivity index (χ1) is 10.6. The average Bonchev–Trinajstić information content (AvgIpc) is 3.12. The zero-order chi connectivity index (χ0) is 15.7. The van der Waals surface area contributed by atoms with Crippen molar-refractivity contribution in [1.82, 2.24) is 15.0 Å². The predicted octanol–water partition coefficient (Wildman–Crippen LogP) is -0.363. The molecule has 0 aliphatic carbocycles. The zero-order valence-electron chi connectivity index (χ0n) is 12.4. The van der Waals surface area contributed by atoms with Crippen molar-refractivity contribution in [2.75, 3.05) is 37.6 Å². The third kappa shape index (κ3) is 2.68. The van der Waals surface area contributed by atoms with Gasteiger partial charge in [-0.3, -0.25) is 19.3 Å². The van der Waals surface area contributed by atoms with Gasteiger partial charge in [-0.15, -0.1) is 0 Å². The van der Waals surface area contributed by atoms with Crippen LogP contribution in [0.3, 0.4) is 0 Å². The topological polar surface area (TPSA) is 87.0 Å². The molecule has 118 valence electrons. The Morgan fingerprint density at radius 3 is 2.68 bits per heavy atom. The Bertz CT molecular complexity index is 591. The van der Waals surface area contributed by atoms with Gasteiger partial charge in [0, 0.05) is 45.2 Å². The van der Waals surface area contributed by atoms with E-state index in [-0.39, 0.29) is 24.2 Å². The summed E-state index contributed by atoms with van der Waals surface area (Å²) in [6, 6.07) is 1.69. The summed E-state index contributed by atoms with van der Waals surface area (Å²) in [5.41, 5.74) is 0. The van der Waals surface area contributed by atoms with E-state index < -0.39 is 0 Å². The molecule has 1 unspecified atom stereocenters. The van der Waals surface area contributed by atoms with Crippen LogP contribution >= 0.6 is 0 Å². The van der Waals surface area contributed by atoms with Crippen molar-refractivity contribution >= 4 is 24.0 Å². The Labute approximate surface area is 127 Å². The molecule has 1 aromatic heterocycles. The highest BCUT2D eigenvalue weighted by Gasteiger charge is 2.38. The quantitative estimate of drug-likeness (QED) is 0.712. The highest BCUT2D eigenvalue weighted by molar-refractivity contribution is 5.99. The fourth-order valence-electron chi connectivity index (χ4n) is 2.88. The molecule has 3 rings (SSSR count). The number of hydrogen-bond donors (Lipinski definition) is 0. The number of carbonyl (C=O) groups excluding carboxylic acids is 3. The SMILES string of the molecule is Cc1cc(N2CC(C(=O)N3CCN(C=O)CC3)CC2=O)no1. The minimum atomic E-state index is -0.354. The number of aromatic nitrogens is 1. The molecule has 0 spiro atoms. The van der Waals surface area contributed by atoms with Crippen molar-refractivity contribution in [3.05, 3.63) is 11.8 Å². The van der Waals surface area contributed by atoms with Gasteiger partial charge in [0.15, 0.2) is 5.82 Å². The molecule has 0 saturated carbocycles. The monoisotopic (exact) mass is 306 g/mol. The number of nitrogens with zero attached hydrogens (tertiary/aromatic N) is 4. The van der Waals surface area contributed by atoms with Crippen LogP contribution in [0.15, 0.2) is 10.6 Å². The van der Waals surface area contributed by atoms with Crippen molar-refractivity contribution in [2.45, 2.75) is 13.3 Å². The molecule has 0 N–H and O–H groups in total. The van der Waals surface area contributed by atoms with E-state index in [0.717, 1.165) is 6.41 Å². The number of hydrogen-bond acceptors (Lipinski definition) is 5. The van der Waals surface area contributed by atoms with E-state index in [1.54, 1.807) is 22.8 Å². The van der Waals surface area contributed by atoms with Crippen LogP contribution in [0.25, 0.3) is 0 Å². The fraction of sp³-hybridized carbons (Fsp3) is 0.571. The molecule has 2 aliphatic rings. The summed E-state index contributed by atoms with van der Waals surface area (Å²) in [4.78, 5) is 40.2. The predicted molar refractivity (Wildman–Crippen MR) is 75.9 cm³/mol. The van der Waals surface area contributed by atoms with Crippen molar-refractivity contribution in [1.29, 1.82) is 0 Å². The maximum atomic E-state index is 12.5. The molecule has 2 fully saturated rings. The van der Waals surface area contributed by atoms with Crippen LogP contribution in [0, 0.1) is 12.8 Å². The highest BCUT2D eigenvalue weighted by Crippen LogP contribution is 2.26. The Morgan fingerprint density at radius 1 is 1.36 bits per heavy atom. The van der Waals surface area contributed by atoms with Crippen LogP contribution in [0.4, 0.5) is 5.82 Å². The van der Waals surface area contributed by atoms with Gasteiger partial charge in [-0.1, -0.05) is 5.16 Å². The Hall–Kier alpha value is -2.38. The fourth-order valence-corrected chi connectivity index (χ4v) is 2.88. The normalized spacial score (nSPS) is 22.3. The van der Waals surface area contributed by atoms with Gasteiger partial charge >= 0.3 is 0 Å². The van der Waals surface area contributed by atoms with E-state index in [4.69, 9.17) is 4.52 Å². The number of anilines is 1. The molecular weight excluding hydrogens is 288 g/mol. The summed E-state index contributed by atoms with van der Waals surface area (Å²) < 4.78 is 4.98. The van der Waals surface area contributed by atoms with E-state index in [9.17, 15) is 14.4 Å². The summed E-state index contributed by atoms with van der Waals surface area (Å²) in [7, 11) is 0. The molecule has 2 aliphatic heterocycles. The minimum absolute atomic E-state index is 0.0263. The molecule has 0 aromatic carbocycles. The largest absolute Gasteiger partial charge is 0.360 e. The van der Waals surface area contributed by atoms with Gasteiger partial charge in [0.25, 0.3) is 0 Å². The average molecular weight is 306 g/mol. The summed E-state index contributed by atoms with van der Waals surface area (Å²) in [6.45, 7) is 4.21. The second-order valence-corrected chi connectivity index (χ2v) is 5.67. The molecule has 0 radical (unpaired) electrons. The van der Waals surface area contributed by atoms with E-state index in [2.05, 4.69) is 5.16 Å². The molecule has 8 nitrogen and oxygen atoms in total. The molecule has 1 aromatic rings. The Balaban J connectivity index is 1.63. The van der Waals surface area contributed by atoms with Crippen LogP contribution in [-0.2, 0) is 14.4 Å². The van der Waals surface area contributed by atoms with Crippen LogP contribution < -0.4 is 4.90 Å². The first-order valence-corrected chi connectivity index (χ1v) is 7.30. The molecule has 3 amide bonds. The summed E-state index contributed by atoms with van der Waals surface area (Å²) in [5.74, 6) is 0.596. The minimum Gasteiger partial charge on any atom is -0.360 e. The van der Waals surface area contributed by atoms with E-state index >= 15 is 0 Å². The van der Waals surface area contributed by atoms with Crippen LogP contribution in [0.2, 0.25) is 0 Å². The standard InChI is InChI=1S/C14H18N4O4/c1-10-6-12(15-22-10)18-8-11(7-13(18)20)14(21)17-4-2-16(9-19)3-5-17/h6,9,11H,2-5,7-8H2,1H3. The molecule has 0 bridgehead atoms. The van der Waals surface area contributed by atoms with Crippen LogP contribution in [-0.4, -0.2) is 65.9 Å². The number of amides is 3. The summed E-state index contributed by atoms with van der Waals surface area (Å²) >= 11 is 0. The van der Waals surface area contributed by atoms with Gasteiger partial charge in [-0.05, 0) is 6.92 Å². The van der Waals surface area contributed by atoms with Gasteiger partial charge < -0.3 is 14.3 Å². The zero-order valence-corrected chi connectivity index (χ0v) is 12.4. The smallest absolute Gasteiger partial charge is 0.229 e. The second kappa shape index (κ2) is 5.78. The van der Waals surface area contributed by atoms with Crippen LogP contribution in [0.1, 0.15) is 12.2 Å². The number of aryl methyl sites for hydroxylation is 1. The highest BCUT2D eigenvalue weighted by atomic mass is 16.5. The van der Waals surface area contributed by atoms with E-state index in [0.29, 0.717) is 44.3 Å². The maximum absolute atomic E-state index is 12.5. The third-order valence-corrected chi connectivity index (χ3v) is 4.14. The number of rotatable bonds is 3. The molecule has 1 atom stereocenters. The first kappa shape index (κ1) is 14.6. The third-order valence-electron chi connectivity index (χ3n) is 4.14. The Kier molecular flexibility index (Phi) is 3.82. The summed E-state index contributed by atoms with van der Waals surface area (Å²) in [6.07, 6.45) is 0.994. The van der Waals surface area contributed by atoms with Crippen molar-refractivity contribution in [2.24, 2.45) is 5.92 Å². The van der Waals surface area contributed by atoms with Crippen molar-refractivity contribution in [3.8, 4) is 0 Å². The van der Waals surface area contributed by atoms with Gasteiger partial charge in [-0.25, -0.2) is 0 Å². The van der Waals surface area contributed by atoms with Gasteiger partial charge in [-0.2, -0.15) is 0 Å². The van der Waals surface area contributed by atoms with Crippen LogP contribution in [0.5, 0.6) is 0 Å². The summed E-state index contributed by atoms with van der Waals surface area (Å²) in [5, 5.41) is 3.84. The number of piperazine rings is 1. The van der Waals surface area contributed by atoms with Gasteiger partial charge in [0.05, 0.1) is 5.92 Å². The Morgan fingerprint density at radius 2 is 2.09 bits per heavy atom. The lowest BCUT2D eigenvalue weighted by molar-refractivity contribution is -0.139. The van der Waals surface area contributed by atoms with Gasteiger partial charge in [0.2, 0.25) is 18.2 Å². The van der Waals surface area contributed by atoms with E-state index in [1.165, 1.54) is 4.90 Å². The van der Waals surface area contributed by atoms with E-state index in [1.807, 2.05) is 0 Å². The molecule has 8 heteroatoms. The van der Waals surface area contributed by atoms with Crippen molar-refractivity contribution < 1.29 is 18.9 Å².